The van der Waals surface area contributed by atoms with E-state index in [1.165, 1.54) is 36.4 Å². The van der Waals surface area contributed by atoms with Crippen LogP contribution in [-0.4, -0.2) is 22.9 Å². The third-order valence-corrected chi connectivity index (χ3v) is 4.65. The fraction of sp³-hybridized carbons (Fsp3) is 0.0800. The van der Waals surface area contributed by atoms with E-state index in [0.29, 0.717) is 17.2 Å². The summed E-state index contributed by atoms with van der Waals surface area (Å²) in [6, 6.07) is 22.7. The van der Waals surface area contributed by atoms with Crippen molar-refractivity contribution in [3.05, 3.63) is 107 Å². The van der Waals surface area contributed by atoms with E-state index in [1.807, 2.05) is 6.07 Å². The zero-order valence-corrected chi connectivity index (χ0v) is 17.6. The summed E-state index contributed by atoms with van der Waals surface area (Å²) < 4.78 is 39.0. The normalized spacial score (nSPS) is 13.1. The standard InChI is InChI=1S/C25H19F3N4O2/c26-25(27,28)22(30)14-21(31-19-10-4-6-16(12-19)15-29)24(34)32-20-11-5-9-18(13-20)23(33)17-7-2-1-3-8-17/h1-14,23,33H,30H2,(H,32,34). The van der Waals surface area contributed by atoms with E-state index in [1.54, 1.807) is 42.5 Å². The molecule has 172 valence electrons. The monoisotopic (exact) mass is 464 g/mol. The van der Waals surface area contributed by atoms with Gasteiger partial charge in [0.15, 0.2) is 0 Å². The number of amides is 1. The molecule has 1 unspecified atom stereocenters. The van der Waals surface area contributed by atoms with Crippen LogP contribution < -0.4 is 11.1 Å². The van der Waals surface area contributed by atoms with Crippen LogP contribution in [-0.2, 0) is 4.79 Å². The number of allylic oxidation sites excluding steroid dienone is 1. The van der Waals surface area contributed by atoms with Gasteiger partial charge in [-0.15, -0.1) is 0 Å². The van der Waals surface area contributed by atoms with E-state index >= 15 is 0 Å². The van der Waals surface area contributed by atoms with Crippen LogP contribution in [0.1, 0.15) is 22.8 Å². The Morgan fingerprint density at radius 2 is 1.71 bits per heavy atom. The lowest BCUT2D eigenvalue weighted by atomic mass is 10.0. The van der Waals surface area contributed by atoms with E-state index < -0.39 is 29.6 Å². The fourth-order valence-electron chi connectivity index (χ4n) is 2.97. The highest BCUT2D eigenvalue weighted by Gasteiger charge is 2.32. The summed E-state index contributed by atoms with van der Waals surface area (Å²) in [5.41, 5.74) is 4.64. The third kappa shape index (κ3) is 6.31. The number of halogens is 3. The molecule has 3 rings (SSSR count). The van der Waals surface area contributed by atoms with Crippen molar-refractivity contribution >= 4 is 23.0 Å². The number of hydrogen-bond acceptors (Lipinski definition) is 5. The largest absolute Gasteiger partial charge is 0.430 e. The Balaban J connectivity index is 1.93. The molecule has 0 heterocycles. The van der Waals surface area contributed by atoms with Gasteiger partial charge in [0.05, 0.1) is 17.3 Å². The number of anilines is 1. The van der Waals surface area contributed by atoms with E-state index in [9.17, 15) is 23.1 Å². The molecule has 6 nitrogen and oxygen atoms in total. The topological polar surface area (TPSA) is 112 Å². The molecule has 0 aliphatic carbocycles. The highest BCUT2D eigenvalue weighted by molar-refractivity contribution is 6.47. The molecule has 3 aromatic carbocycles. The Morgan fingerprint density at radius 1 is 1.03 bits per heavy atom. The minimum atomic E-state index is -4.87. The van der Waals surface area contributed by atoms with Gasteiger partial charge < -0.3 is 16.2 Å². The van der Waals surface area contributed by atoms with Crippen LogP contribution in [0.3, 0.4) is 0 Å². The predicted octanol–water partition coefficient (Wildman–Crippen LogP) is 4.76. The van der Waals surface area contributed by atoms with Gasteiger partial charge in [-0.1, -0.05) is 48.5 Å². The number of rotatable bonds is 6. The fourth-order valence-corrected chi connectivity index (χ4v) is 2.97. The molecular formula is C25H19F3N4O2. The van der Waals surface area contributed by atoms with Crippen molar-refractivity contribution in [1.29, 1.82) is 5.26 Å². The first-order valence-electron chi connectivity index (χ1n) is 9.95. The number of aliphatic hydroxyl groups is 1. The predicted molar refractivity (Wildman–Crippen MR) is 122 cm³/mol. The van der Waals surface area contributed by atoms with Crippen molar-refractivity contribution in [3.63, 3.8) is 0 Å². The molecule has 4 N–H and O–H groups in total. The lowest BCUT2D eigenvalue weighted by Crippen LogP contribution is -2.26. The number of nitrogens with two attached hydrogens (primary N) is 1. The Morgan fingerprint density at radius 3 is 2.38 bits per heavy atom. The highest BCUT2D eigenvalue weighted by atomic mass is 19.4. The summed E-state index contributed by atoms with van der Waals surface area (Å²) in [6.45, 7) is 0. The molecule has 0 aliphatic heterocycles. The van der Waals surface area contributed by atoms with Gasteiger partial charge in [0, 0.05) is 5.69 Å². The molecule has 3 aromatic rings. The number of nitrogens with zero attached hydrogens (tertiary/aromatic N) is 2. The molecule has 0 saturated carbocycles. The highest BCUT2D eigenvalue weighted by Crippen LogP contribution is 2.25. The lowest BCUT2D eigenvalue weighted by Gasteiger charge is -2.14. The van der Waals surface area contributed by atoms with Crippen LogP contribution in [0.2, 0.25) is 0 Å². The number of carbonyl (C=O) groups excluding carboxylic acids is 1. The zero-order valence-electron chi connectivity index (χ0n) is 17.6. The molecule has 0 aromatic heterocycles. The number of benzene rings is 3. The first-order valence-corrected chi connectivity index (χ1v) is 9.95. The molecule has 0 radical (unpaired) electrons. The van der Waals surface area contributed by atoms with Crippen molar-refractivity contribution in [2.75, 3.05) is 5.32 Å². The summed E-state index contributed by atoms with van der Waals surface area (Å²) in [6.07, 6.45) is -5.41. The SMILES string of the molecule is N#Cc1cccc(N=C(C=C(N)C(F)(F)F)C(=O)Nc2cccc(C(O)c3ccccc3)c2)c1. The van der Waals surface area contributed by atoms with E-state index in [0.717, 1.165) is 0 Å². The molecule has 1 amide bonds. The molecule has 0 aliphatic rings. The zero-order chi connectivity index (χ0) is 24.7. The van der Waals surface area contributed by atoms with Gasteiger partial charge in [0.1, 0.15) is 17.5 Å². The number of nitrogens with one attached hydrogen (secondary N) is 1. The summed E-state index contributed by atoms with van der Waals surface area (Å²) in [5, 5.41) is 22.1. The van der Waals surface area contributed by atoms with E-state index in [2.05, 4.69) is 10.3 Å². The van der Waals surface area contributed by atoms with Crippen LogP contribution in [0.5, 0.6) is 0 Å². The number of aliphatic imine (C=N–C) groups is 1. The van der Waals surface area contributed by atoms with E-state index in [-0.39, 0.29) is 16.9 Å². The van der Waals surface area contributed by atoms with Crippen molar-refractivity contribution < 1.29 is 23.1 Å². The number of carbonyl (C=O) groups is 1. The van der Waals surface area contributed by atoms with Crippen LogP contribution in [0.4, 0.5) is 24.5 Å². The average Bonchev–Trinajstić information content (AvgIpc) is 2.83. The third-order valence-electron chi connectivity index (χ3n) is 4.65. The maximum atomic E-state index is 13.0. The molecular weight excluding hydrogens is 445 g/mol. The number of aliphatic hydroxyl groups excluding tert-OH is 1. The quantitative estimate of drug-likeness (QED) is 0.457. The van der Waals surface area contributed by atoms with Crippen LogP contribution in [0.15, 0.2) is 95.6 Å². The second kappa shape index (κ2) is 10.5. The summed E-state index contributed by atoms with van der Waals surface area (Å²) in [7, 11) is 0. The summed E-state index contributed by atoms with van der Waals surface area (Å²) >= 11 is 0. The Bertz CT molecular complexity index is 1280. The van der Waals surface area contributed by atoms with Gasteiger partial charge in [-0.3, -0.25) is 4.79 Å². The van der Waals surface area contributed by atoms with Gasteiger partial charge in [-0.25, -0.2) is 4.99 Å². The minimum absolute atomic E-state index is 0.101. The minimum Gasteiger partial charge on any atom is -0.395 e. The number of alkyl halides is 3. The van der Waals surface area contributed by atoms with Gasteiger partial charge in [0.2, 0.25) is 0 Å². The second-order valence-electron chi connectivity index (χ2n) is 7.15. The van der Waals surface area contributed by atoms with Gasteiger partial charge in [0.25, 0.3) is 5.91 Å². The van der Waals surface area contributed by atoms with Crippen LogP contribution in [0.25, 0.3) is 0 Å². The molecule has 0 saturated heterocycles. The number of hydrogen-bond donors (Lipinski definition) is 3. The van der Waals surface area contributed by atoms with Crippen LogP contribution in [0, 0.1) is 11.3 Å². The van der Waals surface area contributed by atoms with Gasteiger partial charge in [-0.2, -0.15) is 18.4 Å². The first kappa shape index (κ1) is 24.2. The smallest absolute Gasteiger partial charge is 0.395 e. The molecule has 0 bridgehead atoms. The summed E-state index contributed by atoms with van der Waals surface area (Å²) in [4.78, 5) is 16.8. The van der Waals surface area contributed by atoms with Crippen molar-refractivity contribution in [1.82, 2.24) is 0 Å². The number of nitriles is 1. The molecule has 9 heteroatoms. The van der Waals surface area contributed by atoms with Crippen molar-refractivity contribution in [3.8, 4) is 6.07 Å². The molecule has 0 spiro atoms. The molecule has 34 heavy (non-hydrogen) atoms. The maximum absolute atomic E-state index is 13.0. The van der Waals surface area contributed by atoms with E-state index in [4.69, 9.17) is 11.0 Å². The average molecular weight is 464 g/mol. The Labute approximate surface area is 193 Å². The Hall–Kier alpha value is -4.42. The maximum Gasteiger partial charge on any atom is 0.430 e. The van der Waals surface area contributed by atoms with Gasteiger partial charge >= 0.3 is 6.18 Å². The van der Waals surface area contributed by atoms with Crippen molar-refractivity contribution in [2.45, 2.75) is 12.3 Å². The molecule has 1 atom stereocenters. The Kier molecular flexibility index (Phi) is 7.46. The van der Waals surface area contributed by atoms with Crippen LogP contribution >= 0.6 is 0 Å². The second-order valence-corrected chi connectivity index (χ2v) is 7.15. The lowest BCUT2D eigenvalue weighted by molar-refractivity contribution is -0.110. The first-order chi connectivity index (χ1) is 16.2. The van der Waals surface area contributed by atoms with Gasteiger partial charge in [-0.05, 0) is 47.5 Å². The van der Waals surface area contributed by atoms with Crippen molar-refractivity contribution in [2.24, 2.45) is 10.7 Å². The summed E-state index contributed by atoms with van der Waals surface area (Å²) in [5.74, 6) is -0.957. The molecule has 0 fully saturated rings.